The van der Waals surface area contributed by atoms with Gasteiger partial charge in [0.25, 0.3) is 0 Å². The van der Waals surface area contributed by atoms with Gasteiger partial charge >= 0.3 is 0 Å². The van der Waals surface area contributed by atoms with Crippen molar-refractivity contribution in [3.05, 3.63) is 30.6 Å². The maximum atomic E-state index is 7.48. The summed E-state index contributed by atoms with van der Waals surface area (Å²) in [5, 5.41) is 0.125. The molecule has 0 aromatic carbocycles. The summed E-state index contributed by atoms with van der Waals surface area (Å²) in [6.45, 7) is 0. The predicted molar refractivity (Wildman–Crippen MR) is 36.1 cm³/mol. The summed E-state index contributed by atoms with van der Waals surface area (Å²) in [5.41, 5.74) is 0.181. The van der Waals surface area contributed by atoms with Gasteiger partial charge < -0.3 is 4.98 Å². The molecule has 2 nitrogen and oxygen atoms in total. The van der Waals surface area contributed by atoms with Gasteiger partial charge in [0.2, 0.25) is 0 Å². The highest BCUT2D eigenvalue weighted by molar-refractivity contribution is 5.77. The van der Waals surface area contributed by atoms with E-state index in [1.165, 1.54) is 0 Å². The molecule has 0 amide bonds. The van der Waals surface area contributed by atoms with Crippen LogP contribution in [0.2, 0.25) is 0 Å². The monoisotopic (exact) mass is 123 g/mol. The Bertz CT molecular complexity index is 519. The van der Waals surface area contributed by atoms with E-state index in [4.69, 9.17) is 6.85 Å². The first kappa shape index (κ1) is 1.84. The number of hydrogen-bond acceptors (Lipinski definition) is 1. The fraction of sp³-hybridized carbons (Fsp3) is 0. The lowest BCUT2D eigenvalue weighted by atomic mass is 10.3. The van der Waals surface area contributed by atoms with E-state index in [1.807, 2.05) is 0 Å². The van der Waals surface area contributed by atoms with Crippen molar-refractivity contribution in [3.8, 4) is 0 Å². The second-order valence-electron chi connectivity index (χ2n) is 1.59. The quantitative estimate of drug-likeness (QED) is 0.565. The molecule has 0 atom stereocenters. The van der Waals surface area contributed by atoms with Gasteiger partial charge in [0, 0.05) is 17.7 Å². The van der Waals surface area contributed by atoms with Crippen molar-refractivity contribution in [3.63, 3.8) is 0 Å². The number of aromatic nitrogens is 2. The van der Waals surface area contributed by atoms with Crippen LogP contribution >= 0.6 is 0 Å². The van der Waals surface area contributed by atoms with E-state index in [9.17, 15) is 0 Å². The third-order valence-electron chi connectivity index (χ3n) is 1.03. The van der Waals surface area contributed by atoms with Crippen LogP contribution < -0.4 is 0 Å². The number of pyridine rings is 1. The van der Waals surface area contributed by atoms with Crippen LogP contribution in [0, 0.1) is 0 Å². The molecule has 2 rings (SSSR count). The Hall–Kier alpha value is -1.31. The zero-order valence-corrected chi connectivity index (χ0v) is 4.45. The van der Waals surface area contributed by atoms with Crippen LogP contribution in [0.1, 0.15) is 6.85 Å². The Kier molecular flexibility index (Phi) is 0.323. The summed E-state index contributed by atoms with van der Waals surface area (Å²) >= 11 is 0. The van der Waals surface area contributed by atoms with Gasteiger partial charge in [0.05, 0.1) is 18.5 Å². The van der Waals surface area contributed by atoms with E-state index in [0.717, 1.165) is 0 Å². The maximum Gasteiger partial charge on any atom is 0.0863 e. The minimum Gasteiger partial charge on any atom is -0.360 e. The minimum atomic E-state index is -0.338. The van der Waals surface area contributed by atoms with Crippen LogP contribution in [0.4, 0.5) is 0 Å². The average Bonchev–Trinajstić information content (AvgIpc) is 2.41. The molecule has 2 aromatic heterocycles. The average molecular weight is 123 g/mol. The maximum absolute atomic E-state index is 7.48. The van der Waals surface area contributed by atoms with Crippen LogP contribution in [0.25, 0.3) is 10.9 Å². The van der Waals surface area contributed by atoms with Gasteiger partial charge in [0.15, 0.2) is 0 Å². The fourth-order valence-electron chi connectivity index (χ4n) is 0.627. The largest absolute Gasteiger partial charge is 0.360 e. The van der Waals surface area contributed by atoms with Gasteiger partial charge in [-0.2, -0.15) is 0 Å². The van der Waals surface area contributed by atoms with Crippen LogP contribution in [0.3, 0.4) is 0 Å². The van der Waals surface area contributed by atoms with E-state index >= 15 is 0 Å². The van der Waals surface area contributed by atoms with Crippen molar-refractivity contribution in [1.82, 2.24) is 9.97 Å². The van der Waals surface area contributed by atoms with Gasteiger partial charge in [-0.25, -0.2) is 0 Å². The van der Waals surface area contributed by atoms with Gasteiger partial charge in [-0.05, 0) is 12.1 Å². The zero-order valence-electron chi connectivity index (χ0n) is 9.45. The molecule has 2 aromatic rings. The standard InChI is InChI=1S/C7H6N2/c1-3-8-5-7-6(1)2-4-9-7/h1-5,9H/i1D,2D,3D,4D,5D. The third-order valence-corrected chi connectivity index (χ3v) is 1.03. The summed E-state index contributed by atoms with van der Waals surface area (Å²) in [6, 6.07) is -0.370. The smallest absolute Gasteiger partial charge is 0.0863 e. The minimum absolute atomic E-state index is 0.125. The molecule has 1 N–H and O–H groups in total. The van der Waals surface area contributed by atoms with Gasteiger partial charge in [-0.15, -0.1) is 0 Å². The van der Waals surface area contributed by atoms with Crippen LogP contribution in [-0.2, 0) is 0 Å². The summed E-state index contributed by atoms with van der Waals surface area (Å²) in [5.74, 6) is 0. The van der Waals surface area contributed by atoms with E-state index in [2.05, 4.69) is 9.97 Å². The van der Waals surface area contributed by atoms with Gasteiger partial charge in [0.1, 0.15) is 0 Å². The van der Waals surface area contributed by atoms with Crippen LogP contribution in [-0.4, -0.2) is 9.97 Å². The van der Waals surface area contributed by atoms with Crippen molar-refractivity contribution in [2.24, 2.45) is 0 Å². The molecule has 0 saturated carbocycles. The van der Waals surface area contributed by atoms with E-state index < -0.39 is 0 Å². The number of fused-ring (bicyclic) bond motifs is 1. The second kappa shape index (κ2) is 1.58. The van der Waals surface area contributed by atoms with Gasteiger partial charge in [-0.3, -0.25) is 4.98 Å². The van der Waals surface area contributed by atoms with E-state index in [-0.39, 0.29) is 41.5 Å². The normalized spacial score (nSPS) is 18.0. The molecule has 0 aliphatic heterocycles. The molecular weight excluding hydrogens is 112 g/mol. The van der Waals surface area contributed by atoms with E-state index in [0.29, 0.717) is 0 Å². The highest BCUT2D eigenvalue weighted by Crippen LogP contribution is 2.07. The molecule has 0 aliphatic carbocycles. The lowest BCUT2D eigenvalue weighted by molar-refractivity contribution is 1.34. The molecule has 0 saturated heterocycles. The zero-order chi connectivity index (χ0) is 10.5. The topological polar surface area (TPSA) is 28.7 Å². The Balaban J connectivity index is 3.03. The second-order valence-corrected chi connectivity index (χ2v) is 1.59. The Morgan fingerprint density at radius 2 is 2.56 bits per heavy atom. The fourth-order valence-corrected chi connectivity index (χ4v) is 0.627. The number of nitrogens with one attached hydrogen (secondary N) is 1. The highest BCUT2D eigenvalue weighted by Gasteiger charge is 1.87. The molecule has 0 spiro atoms. The lowest BCUT2D eigenvalue weighted by Gasteiger charge is -1.82. The van der Waals surface area contributed by atoms with Crippen molar-refractivity contribution in [2.45, 2.75) is 0 Å². The highest BCUT2D eigenvalue weighted by atomic mass is 14.7. The molecule has 0 unspecified atom stereocenters. The first-order chi connectivity index (χ1) is 6.52. The Morgan fingerprint density at radius 1 is 1.56 bits per heavy atom. The Labute approximate surface area is 59.6 Å². The van der Waals surface area contributed by atoms with Crippen LogP contribution in [0.15, 0.2) is 30.6 Å². The molecule has 0 fully saturated rings. The van der Waals surface area contributed by atoms with Crippen molar-refractivity contribution < 1.29 is 6.85 Å². The summed E-state index contributed by atoms with van der Waals surface area (Å²) in [7, 11) is 0. The molecule has 2 heterocycles. The molecule has 0 bridgehead atoms. The van der Waals surface area contributed by atoms with Gasteiger partial charge in [-0.1, -0.05) is 0 Å². The first-order valence-electron chi connectivity index (χ1n) is 4.95. The number of H-pyrrole nitrogens is 1. The van der Waals surface area contributed by atoms with Crippen LogP contribution in [0.5, 0.6) is 0 Å². The number of aromatic amines is 1. The molecule has 0 radical (unpaired) electrons. The molecule has 44 valence electrons. The summed E-state index contributed by atoms with van der Waals surface area (Å²) in [6.07, 6.45) is -0.697. The summed E-state index contributed by atoms with van der Waals surface area (Å²) < 4.78 is 36.9. The molecule has 0 aliphatic rings. The van der Waals surface area contributed by atoms with Crippen molar-refractivity contribution >= 4 is 10.9 Å². The lowest BCUT2D eigenvalue weighted by Crippen LogP contribution is -1.68. The molecule has 9 heavy (non-hydrogen) atoms. The number of rotatable bonds is 0. The third kappa shape index (κ3) is 0.598. The molecular formula is C7H6N2. The SMILES string of the molecule is [2H]c1nc([2H])c2[nH]c([2H])c([2H])c2c1[2H]. The first-order valence-corrected chi connectivity index (χ1v) is 2.45. The van der Waals surface area contributed by atoms with Crippen molar-refractivity contribution in [1.29, 1.82) is 0 Å². The number of hydrogen-bond donors (Lipinski definition) is 1. The summed E-state index contributed by atoms with van der Waals surface area (Å²) in [4.78, 5) is 5.99. The van der Waals surface area contributed by atoms with Crippen molar-refractivity contribution in [2.75, 3.05) is 0 Å². The predicted octanol–water partition coefficient (Wildman–Crippen LogP) is 1.56. The number of nitrogens with zero attached hydrogens (tertiary/aromatic N) is 1. The molecule has 2 heteroatoms. The Morgan fingerprint density at radius 3 is 3.56 bits per heavy atom. The van der Waals surface area contributed by atoms with E-state index in [1.54, 1.807) is 0 Å².